The Balaban J connectivity index is 1.51. The minimum Gasteiger partial charge on any atom is -0.784 e. The van der Waals surface area contributed by atoms with Gasteiger partial charge in [-0.2, -0.15) is 0 Å². The Hall–Kier alpha value is -1.62. The third-order valence-electron chi connectivity index (χ3n) is 5.65. The van der Waals surface area contributed by atoms with E-state index in [1.165, 1.54) is 32.9 Å². The topological polar surface area (TPSA) is 38.3 Å². The van der Waals surface area contributed by atoms with Crippen LogP contribution in [0.5, 0.6) is 0 Å². The number of nitrogens with zero attached hydrogens (tertiary/aromatic N) is 1. The fourth-order valence-corrected chi connectivity index (χ4v) is 5.04. The highest BCUT2D eigenvalue weighted by Crippen LogP contribution is 2.39. The molecule has 0 saturated heterocycles. The summed E-state index contributed by atoms with van der Waals surface area (Å²) in [5.41, 5.74) is 7.03. The number of anilines is 1. The van der Waals surface area contributed by atoms with Crippen LogP contribution in [0.25, 0.3) is 11.1 Å². The van der Waals surface area contributed by atoms with Gasteiger partial charge >= 0.3 is 0 Å². The van der Waals surface area contributed by atoms with Crippen LogP contribution in [-0.4, -0.2) is 22.7 Å². The predicted octanol–water partition coefficient (Wildman–Crippen LogP) is 6.12. The normalized spacial score (nSPS) is 20.0. The lowest BCUT2D eigenvalue weighted by molar-refractivity contribution is 0.0874. The molecule has 1 N–H and O–H groups in total. The zero-order valence-corrected chi connectivity index (χ0v) is 18.0. The molecule has 4 rings (SSSR count). The number of rotatable bonds is 3. The van der Waals surface area contributed by atoms with Gasteiger partial charge in [0.15, 0.2) is 0 Å². The summed E-state index contributed by atoms with van der Waals surface area (Å²) in [6.07, 6.45) is 3.89. The first-order valence-corrected chi connectivity index (χ1v) is 10.3. The van der Waals surface area contributed by atoms with E-state index in [0.29, 0.717) is 0 Å². The van der Waals surface area contributed by atoms with E-state index in [1.54, 1.807) is 0 Å². The molecule has 3 nitrogen and oxygen atoms in total. The van der Waals surface area contributed by atoms with Crippen LogP contribution >= 0.6 is 15.9 Å². The molecule has 0 aromatic heterocycles. The standard InChI is InChI=1S/C23H26BrN2O/c1-22(2)12-15(13-23(3,4)26(22)27)14-25-19-6-8-21-17(11-19)9-16-10-18(24)5-7-20(16)21/h5-8,10-12,25H,9,13-14H2,1-4H3/q-1. The van der Waals surface area contributed by atoms with Crippen molar-refractivity contribution in [2.75, 3.05) is 11.9 Å². The van der Waals surface area contributed by atoms with Crippen LogP contribution in [-0.2, 0) is 6.42 Å². The van der Waals surface area contributed by atoms with Gasteiger partial charge in [0.05, 0.1) is 0 Å². The molecule has 1 aliphatic carbocycles. The highest BCUT2D eigenvalue weighted by Gasteiger charge is 2.34. The molecule has 1 heterocycles. The summed E-state index contributed by atoms with van der Waals surface area (Å²) < 4.78 is 1.13. The van der Waals surface area contributed by atoms with Crippen molar-refractivity contribution in [1.29, 1.82) is 0 Å². The third-order valence-corrected chi connectivity index (χ3v) is 6.15. The lowest BCUT2D eigenvalue weighted by Gasteiger charge is -2.56. The van der Waals surface area contributed by atoms with Gasteiger partial charge in [0.1, 0.15) is 0 Å². The highest BCUT2D eigenvalue weighted by molar-refractivity contribution is 9.10. The number of fused-ring (bicyclic) bond motifs is 3. The SMILES string of the molecule is CC1(C)C=C(CNc2ccc3c(c2)Cc2cc(Br)ccc2-3)CC(C)(C)N1[O-]. The summed E-state index contributed by atoms with van der Waals surface area (Å²) >= 11 is 3.57. The largest absolute Gasteiger partial charge is 0.784 e. The van der Waals surface area contributed by atoms with Crippen molar-refractivity contribution in [1.82, 2.24) is 5.06 Å². The zero-order valence-electron chi connectivity index (χ0n) is 16.4. The third kappa shape index (κ3) is 3.46. The van der Waals surface area contributed by atoms with E-state index in [1.807, 2.05) is 27.7 Å². The summed E-state index contributed by atoms with van der Waals surface area (Å²) in [6, 6.07) is 13.2. The van der Waals surface area contributed by atoms with E-state index in [2.05, 4.69) is 63.7 Å². The molecule has 0 spiro atoms. The lowest BCUT2D eigenvalue weighted by Crippen LogP contribution is -2.54. The van der Waals surface area contributed by atoms with Gasteiger partial charge in [-0.25, -0.2) is 0 Å². The average Bonchev–Trinajstić information content (AvgIpc) is 2.93. The second kappa shape index (κ2) is 6.47. The van der Waals surface area contributed by atoms with Crippen molar-refractivity contribution in [2.45, 2.75) is 51.6 Å². The molecular formula is C23H26BrN2O-. The Morgan fingerprint density at radius 1 is 1.04 bits per heavy atom. The molecule has 1 aliphatic heterocycles. The molecule has 0 saturated carbocycles. The van der Waals surface area contributed by atoms with Crippen molar-refractivity contribution in [3.8, 4) is 11.1 Å². The molecule has 0 atom stereocenters. The Kier molecular flexibility index (Phi) is 4.49. The van der Waals surface area contributed by atoms with E-state index in [-0.39, 0.29) is 5.54 Å². The maximum absolute atomic E-state index is 12.5. The number of nitrogens with one attached hydrogen (secondary N) is 1. The van der Waals surface area contributed by atoms with Crippen LogP contribution in [0.4, 0.5) is 5.69 Å². The van der Waals surface area contributed by atoms with E-state index >= 15 is 0 Å². The highest BCUT2D eigenvalue weighted by atomic mass is 79.9. The first kappa shape index (κ1) is 18.7. The molecular weight excluding hydrogens is 400 g/mol. The van der Waals surface area contributed by atoms with Gasteiger partial charge in [-0.15, -0.1) is 0 Å². The molecule has 0 fully saturated rings. The maximum Gasteiger partial charge on any atom is 0.0361 e. The van der Waals surface area contributed by atoms with Gasteiger partial charge < -0.3 is 15.6 Å². The summed E-state index contributed by atoms with van der Waals surface area (Å²) in [5.74, 6) is 0. The van der Waals surface area contributed by atoms with Crippen molar-refractivity contribution >= 4 is 21.6 Å². The Morgan fingerprint density at radius 2 is 1.70 bits per heavy atom. The van der Waals surface area contributed by atoms with E-state index in [4.69, 9.17) is 0 Å². The fourth-order valence-electron chi connectivity index (χ4n) is 4.64. The predicted molar refractivity (Wildman–Crippen MR) is 117 cm³/mol. The molecule has 0 radical (unpaired) electrons. The number of hydroxylamine groups is 2. The second-order valence-corrected chi connectivity index (χ2v) is 9.86. The van der Waals surface area contributed by atoms with Crippen molar-refractivity contribution < 1.29 is 0 Å². The summed E-state index contributed by atoms with van der Waals surface area (Å²) in [6.45, 7) is 8.81. The molecule has 0 unspecified atom stereocenters. The minimum atomic E-state index is -0.467. The monoisotopic (exact) mass is 425 g/mol. The summed E-state index contributed by atoms with van der Waals surface area (Å²) in [4.78, 5) is 0. The second-order valence-electron chi connectivity index (χ2n) is 8.94. The first-order valence-electron chi connectivity index (χ1n) is 9.49. The van der Waals surface area contributed by atoms with Crippen LogP contribution in [0, 0.1) is 5.21 Å². The number of halogens is 1. The van der Waals surface area contributed by atoms with Gasteiger partial charge in [0.25, 0.3) is 0 Å². The Labute approximate surface area is 170 Å². The van der Waals surface area contributed by atoms with Crippen LogP contribution in [0.15, 0.2) is 52.5 Å². The Bertz CT molecular complexity index is 930. The molecule has 2 aromatic rings. The zero-order chi connectivity index (χ0) is 19.4. The average molecular weight is 426 g/mol. The van der Waals surface area contributed by atoms with E-state index < -0.39 is 5.54 Å². The fraction of sp³-hybridized carbons (Fsp3) is 0.391. The van der Waals surface area contributed by atoms with Crippen molar-refractivity contribution in [3.05, 3.63) is 68.9 Å². The number of benzene rings is 2. The van der Waals surface area contributed by atoms with Crippen LogP contribution in [0.3, 0.4) is 0 Å². The van der Waals surface area contributed by atoms with Crippen LogP contribution in [0.1, 0.15) is 45.2 Å². The van der Waals surface area contributed by atoms with Gasteiger partial charge in [0.2, 0.25) is 0 Å². The van der Waals surface area contributed by atoms with Crippen LogP contribution < -0.4 is 5.32 Å². The Morgan fingerprint density at radius 3 is 2.41 bits per heavy atom. The molecule has 2 aliphatic rings. The quantitative estimate of drug-likeness (QED) is 0.513. The number of hydrogen-bond donors (Lipinski definition) is 1. The molecule has 142 valence electrons. The van der Waals surface area contributed by atoms with Crippen LogP contribution in [0.2, 0.25) is 0 Å². The molecule has 27 heavy (non-hydrogen) atoms. The first-order chi connectivity index (χ1) is 12.7. The van der Waals surface area contributed by atoms with E-state index in [9.17, 15) is 5.21 Å². The maximum atomic E-state index is 12.5. The lowest BCUT2D eigenvalue weighted by atomic mass is 9.83. The van der Waals surface area contributed by atoms with Crippen molar-refractivity contribution in [2.24, 2.45) is 0 Å². The van der Waals surface area contributed by atoms with Gasteiger partial charge in [-0.3, -0.25) is 0 Å². The summed E-state index contributed by atoms with van der Waals surface area (Å²) in [5, 5.41) is 17.3. The smallest absolute Gasteiger partial charge is 0.0361 e. The number of hydrogen-bond acceptors (Lipinski definition) is 3. The molecule has 2 aromatic carbocycles. The van der Waals surface area contributed by atoms with Gasteiger partial charge in [0, 0.05) is 27.8 Å². The van der Waals surface area contributed by atoms with Gasteiger partial charge in [-0.1, -0.05) is 39.7 Å². The molecule has 0 bridgehead atoms. The van der Waals surface area contributed by atoms with Crippen molar-refractivity contribution in [3.63, 3.8) is 0 Å². The summed E-state index contributed by atoms with van der Waals surface area (Å²) in [7, 11) is 0. The van der Waals surface area contributed by atoms with E-state index in [0.717, 1.165) is 29.5 Å². The molecule has 4 heteroatoms. The van der Waals surface area contributed by atoms with Gasteiger partial charge in [-0.05, 0) is 87.1 Å². The molecule has 0 amide bonds. The minimum absolute atomic E-state index is 0.373.